The minimum absolute atomic E-state index is 0.165. The summed E-state index contributed by atoms with van der Waals surface area (Å²) in [6, 6.07) is 26.3. The van der Waals surface area contributed by atoms with Gasteiger partial charge in [-0.25, -0.2) is 0 Å². The third-order valence-electron chi connectivity index (χ3n) is 6.28. The number of fused-ring (bicyclic) bond motifs is 1. The Labute approximate surface area is 184 Å². The standard InChI is InChI=1S/C28H29NO2/c1-31-27-14-8-13-23-17-20(15-16-25(23)27)18-24(30)19-26(29)28(21-9-4-2-5-10-21)22-11-6-3-7-12-22/h2-14,20,28-29H,15-19H2,1H3. The fourth-order valence-electron chi connectivity index (χ4n) is 4.81. The normalized spacial score (nSPS) is 15.4. The van der Waals surface area contributed by atoms with Crippen molar-refractivity contribution in [3.63, 3.8) is 0 Å². The Kier molecular flexibility index (Phi) is 6.61. The van der Waals surface area contributed by atoms with Gasteiger partial charge in [0, 0.05) is 24.5 Å². The second-order valence-electron chi connectivity index (χ2n) is 8.41. The lowest BCUT2D eigenvalue weighted by Gasteiger charge is -2.26. The van der Waals surface area contributed by atoms with Crippen LogP contribution in [0.1, 0.15) is 47.4 Å². The molecule has 1 atom stereocenters. The van der Waals surface area contributed by atoms with Gasteiger partial charge in [-0.15, -0.1) is 0 Å². The first-order valence-corrected chi connectivity index (χ1v) is 11.0. The van der Waals surface area contributed by atoms with Crippen molar-refractivity contribution in [3.8, 4) is 5.75 Å². The summed E-state index contributed by atoms with van der Waals surface area (Å²) in [5.74, 6) is 1.28. The van der Waals surface area contributed by atoms with E-state index in [-0.39, 0.29) is 18.1 Å². The van der Waals surface area contributed by atoms with Gasteiger partial charge in [-0.2, -0.15) is 0 Å². The van der Waals surface area contributed by atoms with Gasteiger partial charge in [-0.3, -0.25) is 4.79 Å². The minimum atomic E-state index is -0.178. The molecule has 1 N–H and O–H groups in total. The summed E-state index contributed by atoms with van der Waals surface area (Å²) in [5, 5.41) is 8.80. The average Bonchev–Trinajstić information content (AvgIpc) is 2.80. The molecule has 158 valence electrons. The Morgan fingerprint density at radius 2 is 1.61 bits per heavy atom. The number of ketones is 1. The molecule has 0 aliphatic heterocycles. The zero-order valence-electron chi connectivity index (χ0n) is 18.0. The van der Waals surface area contributed by atoms with Crippen molar-refractivity contribution in [1.82, 2.24) is 0 Å². The minimum Gasteiger partial charge on any atom is -0.496 e. The van der Waals surface area contributed by atoms with Crippen LogP contribution in [0.15, 0.2) is 78.9 Å². The molecule has 3 aromatic rings. The highest BCUT2D eigenvalue weighted by Crippen LogP contribution is 2.34. The number of hydrogen-bond acceptors (Lipinski definition) is 3. The molecule has 0 fully saturated rings. The van der Waals surface area contributed by atoms with Gasteiger partial charge < -0.3 is 10.1 Å². The van der Waals surface area contributed by atoms with Crippen molar-refractivity contribution in [1.29, 1.82) is 5.41 Å². The van der Waals surface area contributed by atoms with Gasteiger partial charge in [-0.1, -0.05) is 72.8 Å². The molecule has 0 bridgehead atoms. The summed E-state index contributed by atoms with van der Waals surface area (Å²) in [4.78, 5) is 13.0. The van der Waals surface area contributed by atoms with Crippen LogP contribution in [0.2, 0.25) is 0 Å². The highest BCUT2D eigenvalue weighted by atomic mass is 16.5. The van der Waals surface area contributed by atoms with Crippen LogP contribution < -0.4 is 4.74 Å². The van der Waals surface area contributed by atoms with Crippen molar-refractivity contribution in [2.75, 3.05) is 7.11 Å². The highest BCUT2D eigenvalue weighted by Gasteiger charge is 2.26. The molecule has 1 unspecified atom stereocenters. The van der Waals surface area contributed by atoms with Crippen LogP contribution in [0.5, 0.6) is 5.75 Å². The first-order chi connectivity index (χ1) is 15.2. The number of rotatable bonds is 8. The molecule has 3 heteroatoms. The maximum Gasteiger partial charge on any atom is 0.138 e. The third-order valence-corrected chi connectivity index (χ3v) is 6.28. The van der Waals surface area contributed by atoms with Gasteiger partial charge in [0.15, 0.2) is 0 Å². The summed E-state index contributed by atoms with van der Waals surface area (Å²) in [7, 11) is 1.72. The predicted molar refractivity (Wildman–Crippen MR) is 125 cm³/mol. The summed E-state index contributed by atoms with van der Waals surface area (Å²) in [6.07, 6.45) is 3.59. The van der Waals surface area contributed by atoms with E-state index in [9.17, 15) is 4.79 Å². The van der Waals surface area contributed by atoms with E-state index in [1.165, 1.54) is 11.1 Å². The summed E-state index contributed by atoms with van der Waals surface area (Å²) in [6.45, 7) is 0. The fourth-order valence-corrected chi connectivity index (χ4v) is 4.81. The lowest BCUT2D eigenvalue weighted by Crippen LogP contribution is -2.22. The molecule has 0 spiro atoms. The topological polar surface area (TPSA) is 50.2 Å². The van der Waals surface area contributed by atoms with Crippen LogP contribution in [-0.2, 0) is 17.6 Å². The number of Topliss-reactive ketones (excluding diaryl/α,β-unsaturated/α-hetero) is 1. The molecule has 0 saturated heterocycles. The van der Waals surface area contributed by atoms with E-state index in [1.807, 2.05) is 72.8 Å². The highest BCUT2D eigenvalue weighted by molar-refractivity contribution is 6.05. The Balaban J connectivity index is 1.44. The summed E-state index contributed by atoms with van der Waals surface area (Å²) in [5.41, 5.74) is 5.18. The number of carbonyl (C=O) groups excluding carboxylic acids is 1. The second kappa shape index (κ2) is 9.74. The average molecular weight is 412 g/mol. The van der Waals surface area contributed by atoms with Crippen molar-refractivity contribution in [3.05, 3.63) is 101 Å². The fraction of sp³-hybridized carbons (Fsp3) is 0.286. The lowest BCUT2D eigenvalue weighted by atomic mass is 9.79. The van der Waals surface area contributed by atoms with Gasteiger partial charge >= 0.3 is 0 Å². The molecule has 3 aromatic carbocycles. The third kappa shape index (κ3) is 4.93. The van der Waals surface area contributed by atoms with E-state index >= 15 is 0 Å². The monoisotopic (exact) mass is 411 g/mol. The zero-order chi connectivity index (χ0) is 21.6. The Morgan fingerprint density at radius 3 is 2.23 bits per heavy atom. The van der Waals surface area contributed by atoms with Gasteiger partial charge in [0.25, 0.3) is 0 Å². The molecule has 1 aliphatic carbocycles. The number of methoxy groups -OCH3 is 1. The molecule has 0 heterocycles. The number of carbonyl (C=O) groups is 1. The molecule has 1 aliphatic rings. The van der Waals surface area contributed by atoms with E-state index in [0.717, 1.165) is 36.1 Å². The van der Waals surface area contributed by atoms with Crippen LogP contribution in [0.25, 0.3) is 0 Å². The Bertz CT molecular complexity index is 1000. The van der Waals surface area contributed by atoms with Gasteiger partial charge in [0.05, 0.1) is 7.11 Å². The number of hydrogen-bond donors (Lipinski definition) is 1. The largest absolute Gasteiger partial charge is 0.496 e. The van der Waals surface area contributed by atoms with E-state index in [1.54, 1.807) is 7.11 Å². The van der Waals surface area contributed by atoms with E-state index in [2.05, 4.69) is 6.07 Å². The van der Waals surface area contributed by atoms with E-state index < -0.39 is 0 Å². The van der Waals surface area contributed by atoms with Gasteiger partial charge in [-0.05, 0) is 53.5 Å². The zero-order valence-corrected chi connectivity index (χ0v) is 18.0. The predicted octanol–water partition coefficient (Wildman–Crippen LogP) is 6.00. The maximum absolute atomic E-state index is 13.0. The quantitative estimate of drug-likeness (QED) is 0.462. The van der Waals surface area contributed by atoms with Crippen LogP contribution in [-0.4, -0.2) is 18.6 Å². The number of nitrogens with one attached hydrogen (secondary N) is 1. The van der Waals surface area contributed by atoms with Crippen molar-refractivity contribution in [2.45, 2.75) is 38.0 Å². The molecular weight excluding hydrogens is 382 g/mol. The molecule has 0 amide bonds. The first-order valence-electron chi connectivity index (χ1n) is 11.0. The molecule has 31 heavy (non-hydrogen) atoms. The Hall–Kier alpha value is -3.20. The smallest absolute Gasteiger partial charge is 0.138 e. The van der Waals surface area contributed by atoms with Gasteiger partial charge in [0.2, 0.25) is 0 Å². The van der Waals surface area contributed by atoms with Crippen LogP contribution >= 0.6 is 0 Å². The van der Waals surface area contributed by atoms with Crippen molar-refractivity contribution >= 4 is 11.5 Å². The second-order valence-corrected chi connectivity index (χ2v) is 8.41. The van der Waals surface area contributed by atoms with Gasteiger partial charge in [0.1, 0.15) is 11.5 Å². The van der Waals surface area contributed by atoms with E-state index in [4.69, 9.17) is 10.1 Å². The van der Waals surface area contributed by atoms with Crippen LogP contribution in [0, 0.1) is 11.3 Å². The Morgan fingerprint density at radius 1 is 0.968 bits per heavy atom. The molecule has 4 rings (SSSR count). The molecule has 0 radical (unpaired) electrons. The molecular formula is C28H29NO2. The maximum atomic E-state index is 13.0. The first kappa shape index (κ1) is 21.0. The molecule has 0 saturated carbocycles. The summed E-state index contributed by atoms with van der Waals surface area (Å²) >= 11 is 0. The van der Waals surface area contributed by atoms with Crippen LogP contribution in [0.3, 0.4) is 0 Å². The number of ether oxygens (including phenoxy) is 1. The lowest BCUT2D eigenvalue weighted by molar-refractivity contribution is -0.118. The molecule has 0 aromatic heterocycles. The SMILES string of the molecule is COc1cccc2c1CCC(CC(=O)CC(=N)C(c1ccccc1)c1ccccc1)C2. The summed E-state index contributed by atoms with van der Waals surface area (Å²) < 4.78 is 5.50. The van der Waals surface area contributed by atoms with Crippen molar-refractivity contribution < 1.29 is 9.53 Å². The van der Waals surface area contributed by atoms with E-state index in [0.29, 0.717) is 18.1 Å². The molecule has 3 nitrogen and oxygen atoms in total. The van der Waals surface area contributed by atoms with Crippen LogP contribution in [0.4, 0.5) is 0 Å². The number of benzene rings is 3. The van der Waals surface area contributed by atoms with Crippen molar-refractivity contribution in [2.24, 2.45) is 5.92 Å².